The third-order valence-corrected chi connectivity index (χ3v) is 0.794. The van der Waals surface area contributed by atoms with Gasteiger partial charge in [-0.05, 0) is 5.18 Å². The molecule has 0 aliphatic carbocycles. The van der Waals surface area contributed by atoms with Gasteiger partial charge in [-0.2, -0.15) is 0 Å². The topological polar surface area (TPSA) is 59.6 Å². The van der Waals surface area contributed by atoms with Crippen LogP contribution in [0.15, 0.2) is 32.8 Å². The standard InChI is InChI=1S/C5H3NO3/c7-5-3-4(6-8)1-2-9-5/h1-3H. The van der Waals surface area contributed by atoms with Gasteiger partial charge in [0.15, 0.2) is 0 Å². The molecule has 0 fully saturated rings. The summed E-state index contributed by atoms with van der Waals surface area (Å²) in [5, 5.41) is 2.52. The second-order valence-electron chi connectivity index (χ2n) is 1.40. The van der Waals surface area contributed by atoms with Crippen LogP contribution in [0.4, 0.5) is 5.69 Å². The molecule has 9 heavy (non-hydrogen) atoms. The maximum atomic E-state index is 10.3. The van der Waals surface area contributed by atoms with Gasteiger partial charge in [-0.3, -0.25) is 0 Å². The Morgan fingerprint density at radius 2 is 2.33 bits per heavy atom. The van der Waals surface area contributed by atoms with Gasteiger partial charge in [-0.25, -0.2) is 4.79 Å². The average Bonchev–Trinajstić information content (AvgIpc) is 1.88. The van der Waals surface area contributed by atoms with Gasteiger partial charge in [0.25, 0.3) is 0 Å². The number of hydrogen-bond donors (Lipinski definition) is 0. The molecule has 0 bridgehead atoms. The predicted molar refractivity (Wildman–Crippen MR) is 30.4 cm³/mol. The van der Waals surface area contributed by atoms with Crippen LogP contribution in [0.5, 0.6) is 0 Å². The quantitative estimate of drug-likeness (QED) is 0.527. The van der Waals surface area contributed by atoms with E-state index in [1.165, 1.54) is 6.07 Å². The molecule has 1 rings (SSSR count). The Balaban J connectivity index is 3.23. The Labute approximate surface area is 50.1 Å². The summed E-state index contributed by atoms with van der Waals surface area (Å²) in [7, 11) is 0. The summed E-state index contributed by atoms with van der Waals surface area (Å²) in [6, 6.07) is 2.33. The minimum atomic E-state index is -0.563. The normalized spacial score (nSPS) is 8.89. The van der Waals surface area contributed by atoms with Gasteiger partial charge in [0.2, 0.25) is 0 Å². The molecule has 0 N–H and O–H groups in total. The second kappa shape index (κ2) is 2.21. The van der Waals surface area contributed by atoms with Gasteiger partial charge in [-0.15, -0.1) is 4.91 Å². The summed E-state index contributed by atoms with van der Waals surface area (Å²) in [6.07, 6.45) is 1.12. The van der Waals surface area contributed by atoms with Crippen molar-refractivity contribution in [2.75, 3.05) is 0 Å². The highest BCUT2D eigenvalue weighted by Gasteiger charge is 1.89. The highest BCUT2D eigenvalue weighted by Crippen LogP contribution is 2.04. The zero-order chi connectivity index (χ0) is 6.69. The zero-order valence-corrected chi connectivity index (χ0v) is 4.40. The smallest absolute Gasteiger partial charge is 0.337 e. The molecule has 0 aromatic carbocycles. The first kappa shape index (κ1) is 5.68. The van der Waals surface area contributed by atoms with E-state index in [0.29, 0.717) is 0 Å². The Morgan fingerprint density at radius 3 is 2.78 bits per heavy atom. The lowest BCUT2D eigenvalue weighted by Crippen LogP contribution is -1.91. The third-order valence-electron chi connectivity index (χ3n) is 0.794. The van der Waals surface area contributed by atoms with Gasteiger partial charge >= 0.3 is 5.63 Å². The fraction of sp³-hybridized carbons (Fsp3) is 0. The maximum Gasteiger partial charge on any atom is 0.337 e. The van der Waals surface area contributed by atoms with E-state index >= 15 is 0 Å². The van der Waals surface area contributed by atoms with E-state index in [-0.39, 0.29) is 5.69 Å². The van der Waals surface area contributed by atoms with E-state index in [9.17, 15) is 9.70 Å². The van der Waals surface area contributed by atoms with Crippen LogP contribution in [0, 0.1) is 4.91 Å². The molecule has 0 atom stereocenters. The van der Waals surface area contributed by atoms with Crippen LogP contribution in [0.2, 0.25) is 0 Å². The van der Waals surface area contributed by atoms with Crippen molar-refractivity contribution >= 4 is 5.69 Å². The molecule has 0 saturated heterocycles. The lowest BCUT2D eigenvalue weighted by molar-refractivity contribution is 0.511. The molecule has 1 aromatic heterocycles. The molecule has 0 radical (unpaired) electrons. The van der Waals surface area contributed by atoms with Gasteiger partial charge in [0, 0.05) is 6.07 Å². The van der Waals surface area contributed by atoms with Gasteiger partial charge < -0.3 is 4.42 Å². The Morgan fingerprint density at radius 1 is 1.56 bits per heavy atom. The zero-order valence-electron chi connectivity index (χ0n) is 4.40. The Kier molecular flexibility index (Phi) is 1.40. The summed E-state index contributed by atoms with van der Waals surface area (Å²) >= 11 is 0. The van der Waals surface area contributed by atoms with Crippen LogP contribution >= 0.6 is 0 Å². The molecule has 0 aliphatic heterocycles. The molecular weight excluding hydrogens is 122 g/mol. The number of rotatable bonds is 1. The summed E-state index contributed by atoms with van der Waals surface area (Å²) < 4.78 is 4.32. The maximum absolute atomic E-state index is 10.3. The first-order valence-corrected chi connectivity index (χ1v) is 2.25. The van der Waals surface area contributed by atoms with Crippen molar-refractivity contribution in [1.29, 1.82) is 0 Å². The molecule has 4 nitrogen and oxygen atoms in total. The van der Waals surface area contributed by atoms with Crippen LogP contribution in [0.3, 0.4) is 0 Å². The summed E-state index contributed by atoms with van der Waals surface area (Å²) in [5.41, 5.74) is -0.474. The largest absolute Gasteiger partial charge is 0.431 e. The van der Waals surface area contributed by atoms with Crippen LogP contribution in [0.25, 0.3) is 0 Å². The second-order valence-corrected chi connectivity index (χ2v) is 1.40. The fourth-order valence-electron chi connectivity index (χ4n) is 0.430. The van der Waals surface area contributed by atoms with Crippen LogP contribution in [0.1, 0.15) is 0 Å². The molecule has 0 saturated carbocycles. The molecule has 46 valence electrons. The molecular formula is C5H3NO3. The van der Waals surface area contributed by atoms with E-state index in [0.717, 1.165) is 12.3 Å². The number of nitroso groups, excluding NO2 is 1. The predicted octanol–water partition coefficient (Wildman–Crippen LogP) is 1.04. The van der Waals surface area contributed by atoms with Gasteiger partial charge in [-0.1, -0.05) is 0 Å². The molecule has 0 aliphatic rings. The van der Waals surface area contributed by atoms with E-state index in [1.54, 1.807) is 0 Å². The molecule has 0 amide bonds. The van der Waals surface area contributed by atoms with E-state index in [4.69, 9.17) is 0 Å². The van der Waals surface area contributed by atoms with Crippen molar-refractivity contribution in [3.63, 3.8) is 0 Å². The van der Waals surface area contributed by atoms with Gasteiger partial charge in [0.1, 0.15) is 5.69 Å². The highest BCUT2D eigenvalue weighted by molar-refractivity contribution is 5.31. The van der Waals surface area contributed by atoms with Crippen molar-refractivity contribution in [1.82, 2.24) is 0 Å². The van der Waals surface area contributed by atoms with Crippen LogP contribution in [-0.4, -0.2) is 0 Å². The van der Waals surface area contributed by atoms with Crippen LogP contribution in [-0.2, 0) is 0 Å². The minimum Gasteiger partial charge on any atom is -0.431 e. The van der Waals surface area contributed by atoms with Crippen molar-refractivity contribution in [3.8, 4) is 0 Å². The molecule has 4 heteroatoms. The molecule has 1 heterocycles. The minimum absolute atomic E-state index is 0.0891. The first-order chi connectivity index (χ1) is 4.33. The number of hydrogen-bond acceptors (Lipinski definition) is 4. The first-order valence-electron chi connectivity index (χ1n) is 2.25. The lowest BCUT2D eigenvalue weighted by atomic mass is 10.4. The van der Waals surface area contributed by atoms with Crippen molar-refractivity contribution < 1.29 is 4.42 Å². The fourth-order valence-corrected chi connectivity index (χ4v) is 0.430. The van der Waals surface area contributed by atoms with E-state index in [2.05, 4.69) is 9.59 Å². The van der Waals surface area contributed by atoms with E-state index in [1.807, 2.05) is 0 Å². The highest BCUT2D eigenvalue weighted by atomic mass is 16.4. The monoisotopic (exact) mass is 125 g/mol. The van der Waals surface area contributed by atoms with Gasteiger partial charge in [0.05, 0.1) is 12.3 Å². The van der Waals surface area contributed by atoms with Crippen molar-refractivity contribution in [2.45, 2.75) is 0 Å². The summed E-state index contributed by atoms with van der Waals surface area (Å²) in [5.74, 6) is 0. The average molecular weight is 125 g/mol. The molecule has 0 spiro atoms. The van der Waals surface area contributed by atoms with Crippen LogP contribution < -0.4 is 5.63 Å². The SMILES string of the molecule is O=Nc1ccoc(=O)c1. The van der Waals surface area contributed by atoms with E-state index < -0.39 is 5.63 Å². The van der Waals surface area contributed by atoms with Crippen molar-refractivity contribution in [3.05, 3.63) is 33.7 Å². The summed E-state index contributed by atoms with van der Waals surface area (Å²) in [4.78, 5) is 20.0. The molecule has 1 aromatic rings. The Hall–Kier alpha value is -1.45. The Bertz CT molecular complexity index is 265. The third kappa shape index (κ3) is 1.22. The summed E-state index contributed by atoms with van der Waals surface area (Å²) in [6.45, 7) is 0. The lowest BCUT2D eigenvalue weighted by Gasteiger charge is -1.80. The number of nitrogens with zero attached hydrogens (tertiary/aromatic N) is 1. The molecule has 0 unspecified atom stereocenters. The van der Waals surface area contributed by atoms with Crippen molar-refractivity contribution in [2.24, 2.45) is 5.18 Å².